The van der Waals surface area contributed by atoms with Gasteiger partial charge in [-0.1, -0.05) is 11.8 Å². The Morgan fingerprint density at radius 1 is 1.20 bits per heavy atom. The van der Waals surface area contributed by atoms with Crippen molar-refractivity contribution in [2.45, 2.75) is 10.9 Å². The van der Waals surface area contributed by atoms with E-state index in [0.29, 0.717) is 12.1 Å². The van der Waals surface area contributed by atoms with Crippen molar-refractivity contribution in [2.24, 2.45) is 0 Å². The number of phenols is 1. The van der Waals surface area contributed by atoms with Crippen molar-refractivity contribution in [2.75, 3.05) is 0 Å². The zero-order valence-electron chi connectivity index (χ0n) is 14.8. The average Bonchev–Trinajstić information content (AvgIpc) is 3.17. The molecule has 0 saturated heterocycles. The van der Waals surface area contributed by atoms with Gasteiger partial charge in [-0.25, -0.2) is 23.1 Å². The summed E-state index contributed by atoms with van der Waals surface area (Å²) in [4.78, 5) is 21.3. The molecule has 0 aliphatic rings. The van der Waals surface area contributed by atoms with Gasteiger partial charge in [-0.2, -0.15) is 5.26 Å². The summed E-state index contributed by atoms with van der Waals surface area (Å²) in [5, 5.41) is 19.0. The first-order chi connectivity index (χ1) is 14.4. The molecule has 4 aromatic rings. The van der Waals surface area contributed by atoms with E-state index in [1.807, 2.05) is 6.07 Å². The summed E-state index contributed by atoms with van der Waals surface area (Å²) in [5.41, 5.74) is 0.927. The molecule has 0 aliphatic carbocycles. The van der Waals surface area contributed by atoms with E-state index in [-0.39, 0.29) is 43.8 Å². The van der Waals surface area contributed by atoms with E-state index < -0.39 is 23.0 Å². The van der Waals surface area contributed by atoms with Crippen LogP contribution in [0.3, 0.4) is 0 Å². The topological polar surface area (TPSA) is 91.8 Å². The first kappa shape index (κ1) is 19.9. The molecule has 6 nitrogen and oxygen atoms in total. The number of phenolic OH excluding ortho intramolecular Hbond substituents is 1. The molecule has 150 valence electrons. The number of aromatic nitrogens is 3. The van der Waals surface area contributed by atoms with Gasteiger partial charge < -0.3 is 5.11 Å². The van der Waals surface area contributed by atoms with Gasteiger partial charge in [-0.05, 0) is 18.2 Å². The lowest BCUT2D eigenvalue weighted by molar-refractivity contribution is 0.473. The van der Waals surface area contributed by atoms with Gasteiger partial charge in [-0.15, -0.1) is 11.3 Å². The lowest BCUT2D eigenvalue weighted by Gasteiger charge is -2.13. The molecular weight excluding hydrogens is 437 g/mol. The summed E-state index contributed by atoms with van der Waals surface area (Å²) >= 11 is 1.92. The maximum absolute atomic E-state index is 14.0. The summed E-state index contributed by atoms with van der Waals surface area (Å²) in [6.45, 7) is 0. The number of nitrogens with zero attached hydrogens (tertiary/aromatic N) is 4. The minimum atomic E-state index is -1.06. The number of fused-ring (bicyclic) bond motifs is 1. The molecule has 2 aromatic carbocycles. The van der Waals surface area contributed by atoms with E-state index in [1.165, 1.54) is 28.3 Å². The molecule has 2 aromatic heterocycles. The summed E-state index contributed by atoms with van der Waals surface area (Å²) < 4.78 is 42.6. The van der Waals surface area contributed by atoms with Gasteiger partial charge >= 0.3 is 0 Å². The predicted molar refractivity (Wildman–Crippen MR) is 105 cm³/mol. The quantitative estimate of drug-likeness (QED) is 0.374. The van der Waals surface area contributed by atoms with Crippen LogP contribution in [0, 0.1) is 28.8 Å². The molecule has 0 saturated carbocycles. The number of rotatable bonds is 4. The number of nitriles is 1. The highest BCUT2D eigenvalue weighted by Crippen LogP contribution is 2.29. The second-order valence-electron chi connectivity index (χ2n) is 5.99. The van der Waals surface area contributed by atoms with Crippen molar-refractivity contribution in [1.82, 2.24) is 14.5 Å². The van der Waals surface area contributed by atoms with Gasteiger partial charge in [0.25, 0.3) is 5.56 Å². The highest BCUT2D eigenvalue weighted by Gasteiger charge is 2.19. The summed E-state index contributed by atoms with van der Waals surface area (Å²) in [7, 11) is 0. The highest BCUT2D eigenvalue weighted by atomic mass is 32.2. The van der Waals surface area contributed by atoms with E-state index in [0.717, 1.165) is 23.1 Å². The Balaban J connectivity index is 1.85. The van der Waals surface area contributed by atoms with Gasteiger partial charge in [0.1, 0.15) is 34.0 Å². The van der Waals surface area contributed by atoms with Crippen LogP contribution >= 0.6 is 23.1 Å². The van der Waals surface area contributed by atoms with Crippen LogP contribution in [0.15, 0.2) is 45.8 Å². The maximum atomic E-state index is 14.0. The lowest BCUT2D eigenvalue weighted by Crippen LogP contribution is -2.21. The molecule has 1 N–H and O–H groups in total. The maximum Gasteiger partial charge on any atom is 0.278 e. The second-order valence-corrected chi connectivity index (χ2v) is 7.79. The van der Waals surface area contributed by atoms with Crippen molar-refractivity contribution in [1.29, 1.82) is 5.26 Å². The van der Waals surface area contributed by atoms with Crippen molar-refractivity contribution >= 4 is 33.4 Å². The average molecular weight is 446 g/mol. The van der Waals surface area contributed by atoms with Gasteiger partial charge in [0.15, 0.2) is 10.8 Å². The van der Waals surface area contributed by atoms with Crippen LogP contribution in [-0.2, 0) is 5.75 Å². The van der Waals surface area contributed by atoms with Gasteiger partial charge in [0.2, 0.25) is 0 Å². The first-order valence-corrected chi connectivity index (χ1v) is 10.1. The zero-order valence-corrected chi connectivity index (χ0v) is 16.4. The lowest BCUT2D eigenvalue weighted by atomic mass is 10.2. The Morgan fingerprint density at radius 3 is 2.63 bits per heavy atom. The van der Waals surface area contributed by atoms with E-state index >= 15 is 0 Å². The fraction of sp³-hybridized carbons (Fsp3) is 0.0526. The minimum absolute atomic E-state index is 0.0598. The molecule has 0 amide bonds. The molecule has 0 aliphatic heterocycles. The van der Waals surface area contributed by atoms with E-state index in [2.05, 4.69) is 9.97 Å². The minimum Gasteiger partial charge on any atom is -0.507 e. The molecule has 0 spiro atoms. The number of aromatic hydroxyl groups is 1. The van der Waals surface area contributed by atoms with Crippen LogP contribution in [0.5, 0.6) is 5.75 Å². The molecule has 0 fully saturated rings. The normalized spacial score (nSPS) is 11.0. The van der Waals surface area contributed by atoms with Gasteiger partial charge in [0.05, 0.1) is 16.8 Å². The molecule has 0 bridgehead atoms. The predicted octanol–water partition coefficient (Wildman–Crippen LogP) is 4.13. The molecule has 30 heavy (non-hydrogen) atoms. The number of halogens is 3. The number of thioether (sulfide) groups is 1. The Hall–Kier alpha value is -3.36. The standard InChI is InChI=1S/C19H9F3N4O2S2/c20-10-4-13(21)12(14(22)5-10)7-29-19-25-17-16(30-8-24-17)18(28)26(19)11-1-2-15(27)9(3-11)6-23/h1-5,8,27H,7H2. The molecular formula is C19H9F3N4O2S2. The Labute approximate surface area is 174 Å². The van der Waals surface area contributed by atoms with Crippen molar-refractivity contribution in [3.63, 3.8) is 0 Å². The third kappa shape index (κ3) is 3.51. The Kier molecular flexibility index (Phi) is 5.19. The van der Waals surface area contributed by atoms with Crippen molar-refractivity contribution in [3.8, 4) is 17.5 Å². The number of hydrogen-bond donors (Lipinski definition) is 1. The largest absolute Gasteiger partial charge is 0.507 e. The monoisotopic (exact) mass is 446 g/mol. The van der Waals surface area contributed by atoms with E-state index in [4.69, 9.17) is 5.26 Å². The second kappa shape index (κ2) is 7.81. The molecule has 4 rings (SSSR count). The van der Waals surface area contributed by atoms with Crippen LogP contribution < -0.4 is 5.56 Å². The Morgan fingerprint density at radius 2 is 1.93 bits per heavy atom. The fourth-order valence-electron chi connectivity index (χ4n) is 2.72. The molecule has 0 unspecified atom stereocenters. The third-order valence-corrected chi connectivity index (χ3v) is 5.92. The first-order valence-electron chi connectivity index (χ1n) is 8.25. The SMILES string of the molecule is N#Cc1cc(-n2c(SCc3c(F)cc(F)cc3F)nc3ncsc3c2=O)ccc1O. The van der Waals surface area contributed by atoms with Crippen molar-refractivity contribution in [3.05, 3.63) is 74.8 Å². The summed E-state index contributed by atoms with van der Waals surface area (Å²) in [6, 6.07) is 6.93. The van der Waals surface area contributed by atoms with Crippen molar-refractivity contribution < 1.29 is 18.3 Å². The smallest absolute Gasteiger partial charge is 0.278 e. The molecule has 2 heterocycles. The van der Waals surface area contributed by atoms with Gasteiger partial charge in [-0.3, -0.25) is 9.36 Å². The van der Waals surface area contributed by atoms with Crippen LogP contribution in [0.25, 0.3) is 16.0 Å². The number of thiazole rings is 1. The Bertz CT molecular complexity index is 1370. The van der Waals surface area contributed by atoms with E-state index in [1.54, 1.807) is 0 Å². The highest BCUT2D eigenvalue weighted by molar-refractivity contribution is 7.98. The summed E-state index contributed by atoms with van der Waals surface area (Å²) in [6.07, 6.45) is 0. The molecule has 0 atom stereocenters. The molecule has 11 heteroatoms. The number of hydrogen-bond acceptors (Lipinski definition) is 7. The zero-order chi connectivity index (χ0) is 21.4. The number of benzene rings is 2. The third-order valence-electron chi connectivity index (χ3n) is 4.15. The van der Waals surface area contributed by atoms with Crippen LogP contribution in [0.4, 0.5) is 13.2 Å². The van der Waals surface area contributed by atoms with Crippen LogP contribution in [0.1, 0.15) is 11.1 Å². The van der Waals surface area contributed by atoms with Crippen LogP contribution in [-0.4, -0.2) is 19.6 Å². The summed E-state index contributed by atoms with van der Waals surface area (Å²) in [5.74, 6) is -3.68. The van der Waals surface area contributed by atoms with Gasteiger partial charge in [0, 0.05) is 23.4 Å². The molecule has 0 radical (unpaired) electrons. The van der Waals surface area contributed by atoms with E-state index in [9.17, 15) is 23.1 Å². The van der Waals surface area contributed by atoms with Crippen LogP contribution in [0.2, 0.25) is 0 Å². The fourth-order valence-corrected chi connectivity index (χ4v) is 4.39.